The van der Waals surface area contributed by atoms with Gasteiger partial charge in [0.05, 0.1) is 100.0 Å². The molecule has 4 aliphatic rings. The third-order valence-electron chi connectivity index (χ3n) is 30.5. The second-order valence-electron chi connectivity index (χ2n) is 38.2. The van der Waals surface area contributed by atoms with E-state index in [4.69, 9.17) is 0 Å². The fourth-order valence-electron chi connectivity index (χ4n) is 24.6. The fourth-order valence-corrected chi connectivity index (χ4v) is 24.6. The molecule has 0 spiro atoms. The van der Waals surface area contributed by atoms with E-state index < -0.39 is 0 Å². The van der Waals surface area contributed by atoms with Crippen LogP contribution >= 0.6 is 0 Å². The molecule has 26 aromatic rings. The van der Waals surface area contributed by atoms with Crippen molar-refractivity contribution in [3.05, 3.63) is 408 Å². The van der Waals surface area contributed by atoms with Crippen LogP contribution in [0.5, 0.6) is 0 Å². The normalized spacial score (nSPS) is 14.8. The number of para-hydroxylation sites is 12. The molecule has 12 heterocycles. The average molecular weight is 1610 g/mol. The molecule has 594 valence electrons. The van der Waals surface area contributed by atoms with Gasteiger partial charge in [0.15, 0.2) is 0 Å². The highest BCUT2D eigenvalue weighted by molar-refractivity contribution is 6.28. The van der Waals surface area contributed by atoms with Crippen LogP contribution in [0.3, 0.4) is 0 Å². The Morgan fingerprint density at radius 1 is 0.143 bits per heavy atom. The molecular weight excluding hydrogens is 1530 g/mol. The summed E-state index contributed by atoms with van der Waals surface area (Å²) in [6, 6.07) is 136. The quantitative estimate of drug-likeness (QED) is 0.169. The second kappa shape index (κ2) is 24.4. The van der Waals surface area contributed by atoms with Gasteiger partial charge in [-0.15, -0.1) is 0 Å². The summed E-state index contributed by atoms with van der Waals surface area (Å²) in [6.07, 6.45) is 0. The first-order chi connectivity index (χ1) is 61.6. The summed E-state index contributed by atoms with van der Waals surface area (Å²) in [5.74, 6) is 0. The molecule has 8 aromatic heterocycles. The molecule has 0 fully saturated rings. The Balaban J connectivity index is 0.0000000964. The van der Waals surface area contributed by atoms with Crippen molar-refractivity contribution in [1.29, 1.82) is 0 Å². The van der Waals surface area contributed by atoms with E-state index in [1.807, 2.05) is 0 Å². The number of aromatic nitrogens is 6. The average Bonchev–Trinajstić information content (AvgIpc) is 1.53. The number of nitrogens with zero attached hydrogens (tertiary/aromatic N) is 6. The Morgan fingerprint density at radius 2 is 0.357 bits per heavy atom. The lowest BCUT2D eigenvalue weighted by atomic mass is 9.74. The number of rotatable bonds is 3. The van der Waals surface area contributed by atoms with E-state index in [1.165, 1.54) is 264 Å². The first kappa shape index (κ1) is 70.3. The van der Waals surface area contributed by atoms with Gasteiger partial charge >= 0.3 is 0 Å². The topological polar surface area (TPSA) is 28.5 Å². The maximum absolute atomic E-state index is 2.50. The minimum absolute atomic E-state index is 0.0572. The number of hydrogen-bond donors (Lipinski definition) is 0. The van der Waals surface area contributed by atoms with Gasteiger partial charge in [0, 0.05) is 108 Å². The standard InChI is InChI=1S/2C42H32N2.C36H20N2/c1-41(2)31-14-6-9-18-37(31)44-36-21-20-25(22-29(36)28-13-11-16-33(41)39(28)44)26-23-30-27-12-5-8-17-35(27)43-38-19-10-7-15-32(38)42(3,4)34(24-26)40(30)43;1-41(2)31-13-5-7-17-37(31)43-35-21-19-25(23-29(35)27-11-9-15-33(41)39(27)43)26-20-22-36-30(24-26)28-12-10-16-34-40(28)44(36)38-18-8-6-14-32(38)42(34,3)4;1-5-13-31-23(9-1)27-17-21(18-28-24-10-2-6-14-32(24)37(31)35(27)28)22-19-29-25-11-3-7-15-33(25)38-34-16-8-4-12-26(34)30(20-22)36(29)38/h2*5-24H,1-4H3;1-20H. The van der Waals surface area contributed by atoms with Crippen LogP contribution in [0.25, 0.3) is 220 Å². The molecule has 0 radical (unpaired) electrons. The van der Waals surface area contributed by atoms with Gasteiger partial charge in [0.25, 0.3) is 0 Å². The summed E-state index contributed by atoms with van der Waals surface area (Å²) in [6.45, 7) is 19.0. The molecule has 0 saturated heterocycles. The van der Waals surface area contributed by atoms with Crippen LogP contribution in [0.1, 0.15) is 99.9 Å². The van der Waals surface area contributed by atoms with Crippen LogP contribution in [0.4, 0.5) is 0 Å². The first-order valence-corrected chi connectivity index (χ1v) is 44.6. The van der Waals surface area contributed by atoms with Crippen LogP contribution in [-0.2, 0) is 21.7 Å². The SMILES string of the molecule is CC1(C)c2ccccc2-n2c3ccc(-c4cc5c6c(c4)c4ccccc4n6-c4ccccc4C5(C)C)cc3c3cccc1c32.CC1(C)c2ccccc2-n2c3ccc(-c4ccc5c(c4)c4cccc6c4n5-c4ccccc4C6(C)C)cc3c3cccc1c32.c1ccc2c(c1)c1cc(-c3cc4c5ccccc5n5c6ccccc6c(c3)c45)cc3c4ccccc4n2c13. The minimum Gasteiger partial charge on any atom is -0.309 e. The first-order valence-electron chi connectivity index (χ1n) is 44.6. The van der Waals surface area contributed by atoms with Crippen molar-refractivity contribution in [3.8, 4) is 56.1 Å². The zero-order valence-corrected chi connectivity index (χ0v) is 71.3. The third-order valence-corrected chi connectivity index (χ3v) is 30.5. The van der Waals surface area contributed by atoms with E-state index in [0.717, 1.165) is 0 Å². The highest BCUT2D eigenvalue weighted by atomic mass is 15.0. The summed E-state index contributed by atoms with van der Waals surface area (Å²) < 4.78 is 14.9. The Hall–Kier alpha value is -15.2. The smallest absolute Gasteiger partial charge is 0.0620 e. The van der Waals surface area contributed by atoms with Gasteiger partial charge in [-0.25, -0.2) is 0 Å². The highest BCUT2D eigenvalue weighted by Gasteiger charge is 2.41. The number of hydrogen-bond acceptors (Lipinski definition) is 0. The maximum Gasteiger partial charge on any atom is 0.0620 e. The zero-order chi connectivity index (χ0) is 83.6. The summed E-state index contributed by atoms with van der Waals surface area (Å²) >= 11 is 0. The van der Waals surface area contributed by atoms with Gasteiger partial charge in [-0.3, -0.25) is 0 Å². The summed E-state index contributed by atoms with van der Waals surface area (Å²) in [5, 5.41) is 21.1. The van der Waals surface area contributed by atoms with E-state index >= 15 is 0 Å². The van der Waals surface area contributed by atoms with Crippen LogP contribution in [-0.4, -0.2) is 27.1 Å². The second-order valence-corrected chi connectivity index (χ2v) is 38.2. The molecule has 4 aliphatic heterocycles. The zero-order valence-electron chi connectivity index (χ0n) is 71.3. The lowest BCUT2D eigenvalue weighted by Crippen LogP contribution is -2.26. The van der Waals surface area contributed by atoms with Crippen molar-refractivity contribution in [2.75, 3.05) is 0 Å². The molecule has 0 N–H and O–H groups in total. The van der Waals surface area contributed by atoms with Crippen molar-refractivity contribution in [2.24, 2.45) is 0 Å². The predicted octanol–water partition coefficient (Wildman–Crippen LogP) is 31.3. The van der Waals surface area contributed by atoms with E-state index in [-0.39, 0.29) is 21.7 Å². The van der Waals surface area contributed by atoms with Crippen LogP contribution in [0.2, 0.25) is 0 Å². The fraction of sp³-hybridized carbons (Fsp3) is 0.100. The monoisotopic (exact) mass is 1610 g/mol. The van der Waals surface area contributed by atoms with Gasteiger partial charge in [0.2, 0.25) is 0 Å². The third kappa shape index (κ3) is 8.90. The van der Waals surface area contributed by atoms with E-state index in [2.05, 4.69) is 446 Å². The molecule has 0 saturated carbocycles. The van der Waals surface area contributed by atoms with Crippen LogP contribution in [0, 0.1) is 0 Å². The van der Waals surface area contributed by atoms with Crippen molar-refractivity contribution >= 4 is 163 Å². The van der Waals surface area contributed by atoms with Crippen molar-refractivity contribution in [3.63, 3.8) is 0 Å². The predicted molar refractivity (Wildman–Crippen MR) is 531 cm³/mol. The van der Waals surface area contributed by atoms with E-state index in [0.29, 0.717) is 0 Å². The lowest BCUT2D eigenvalue weighted by molar-refractivity contribution is 0.630. The Kier molecular flexibility index (Phi) is 13.6. The van der Waals surface area contributed by atoms with Gasteiger partial charge in [0.1, 0.15) is 0 Å². The maximum atomic E-state index is 2.50. The van der Waals surface area contributed by atoms with E-state index in [9.17, 15) is 0 Å². The van der Waals surface area contributed by atoms with Gasteiger partial charge in [-0.1, -0.05) is 292 Å². The minimum atomic E-state index is -0.127. The van der Waals surface area contributed by atoms with Crippen LogP contribution < -0.4 is 0 Å². The van der Waals surface area contributed by atoms with Gasteiger partial charge in [-0.2, -0.15) is 0 Å². The molecule has 6 heteroatoms. The van der Waals surface area contributed by atoms with Crippen molar-refractivity contribution < 1.29 is 0 Å². The summed E-state index contributed by atoms with van der Waals surface area (Å²) in [4.78, 5) is 0. The molecule has 18 aromatic carbocycles. The summed E-state index contributed by atoms with van der Waals surface area (Å²) in [5.41, 5.74) is 41.7. The molecule has 30 rings (SSSR count). The highest BCUT2D eigenvalue weighted by Crippen LogP contribution is 2.56. The van der Waals surface area contributed by atoms with Crippen molar-refractivity contribution in [2.45, 2.75) is 77.0 Å². The van der Waals surface area contributed by atoms with Gasteiger partial charge in [-0.05, 0) is 205 Å². The molecule has 126 heavy (non-hydrogen) atoms. The van der Waals surface area contributed by atoms with Crippen LogP contribution in [0.15, 0.2) is 364 Å². The molecule has 0 aliphatic carbocycles. The Bertz CT molecular complexity index is 8830. The van der Waals surface area contributed by atoms with Crippen molar-refractivity contribution in [1.82, 2.24) is 27.1 Å². The Labute approximate surface area is 727 Å². The molecular formula is C120H84N6. The number of benzene rings is 18. The molecule has 0 unspecified atom stereocenters. The van der Waals surface area contributed by atoms with E-state index in [1.54, 1.807) is 0 Å². The Morgan fingerprint density at radius 3 is 0.683 bits per heavy atom. The molecule has 6 nitrogen and oxygen atoms in total. The summed E-state index contributed by atoms with van der Waals surface area (Å²) in [7, 11) is 0. The number of fused-ring (bicyclic) bond motifs is 32. The molecule has 0 atom stereocenters. The van der Waals surface area contributed by atoms with Gasteiger partial charge < -0.3 is 27.1 Å². The molecule has 0 bridgehead atoms. The largest absolute Gasteiger partial charge is 0.309 e. The molecule has 0 amide bonds. The lowest BCUT2D eigenvalue weighted by Gasteiger charge is -2.35.